The molecule has 1 aromatic heterocycles. The van der Waals surface area contributed by atoms with Crippen molar-refractivity contribution in [2.75, 3.05) is 5.32 Å². The Kier molecular flexibility index (Phi) is 5.00. The molecule has 1 heterocycles. The Labute approximate surface area is 118 Å². The van der Waals surface area contributed by atoms with E-state index in [4.69, 9.17) is 0 Å². The fraction of sp³-hybridized carbons (Fsp3) is 0.188. The maximum absolute atomic E-state index is 12.0. The number of hydrogen-bond acceptors (Lipinski definition) is 3. The number of rotatable bonds is 5. The molecule has 1 N–H and O–H groups in total. The van der Waals surface area contributed by atoms with Crippen molar-refractivity contribution in [3.8, 4) is 0 Å². The van der Waals surface area contributed by atoms with E-state index in [2.05, 4.69) is 34.4 Å². The normalized spacial score (nSPS) is 10.7. The second kappa shape index (κ2) is 7.19. The number of nitrogens with zero attached hydrogens (tertiary/aromatic N) is 2. The second-order valence-electron chi connectivity index (χ2n) is 4.36. The zero-order valence-corrected chi connectivity index (χ0v) is 11.4. The maximum atomic E-state index is 12.0. The molecule has 20 heavy (non-hydrogen) atoms. The monoisotopic (exact) mass is 267 g/mol. The number of amides is 1. The van der Waals surface area contributed by atoms with Crippen molar-refractivity contribution >= 4 is 17.8 Å². The van der Waals surface area contributed by atoms with Crippen LogP contribution in [0.5, 0.6) is 0 Å². The summed E-state index contributed by atoms with van der Waals surface area (Å²) in [5.74, 6) is 0.324. The van der Waals surface area contributed by atoms with Crippen molar-refractivity contribution in [3.63, 3.8) is 0 Å². The molecular formula is C16H17N3O. The number of hydrogen-bond donors (Lipinski definition) is 1. The van der Waals surface area contributed by atoms with Gasteiger partial charge in [-0.3, -0.25) is 4.79 Å². The van der Waals surface area contributed by atoms with E-state index in [1.165, 1.54) is 6.33 Å². The number of carbonyl (C=O) groups is 1. The van der Waals surface area contributed by atoms with Crippen LogP contribution in [0.15, 0.2) is 48.9 Å². The summed E-state index contributed by atoms with van der Waals surface area (Å²) in [4.78, 5) is 19.8. The van der Waals surface area contributed by atoms with E-state index >= 15 is 0 Å². The number of anilines is 1. The van der Waals surface area contributed by atoms with Gasteiger partial charge < -0.3 is 5.32 Å². The van der Waals surface area contributed by atoms with Crippen LogP contribution < -0.4 is 5.32 Å². The molecule has 102 valence electrons. The molecule has 0 saturated carbocycles. The molecule has 0 saturated heterocycles. The largest absolute Gasteiger partial charge is 0.306 e. The van der Waals surface area contributed by atoms with Crippen molar-refractivity contribution in [1.82, 2.24) is 9.97 Å². The van der Waals surface area contributed by atoms with Gasteiger partial charge in [-0.25, -0.2) is 9.97 Å². The molecule has 0 atom stereocenters. The summed E-state index contributed by atoms with van der Waals surface area (Å²) < 4.78 is 0. The van der Waals surface area contributed by atoms with Gasteiger partial charge in [0, 0.05) is 11.8 Å². The predicted octanol–water partition coefficient (Wildman–Crippen LogP) is 3.54. The van der Waals surface area contributed by atoms with Crippen molar-refractivity contribution in [1.29, 1.82) is 0 Å². The SMILES string of the molecule is CCC/C=C/c1ccc(C(=O)Nc2ccncn2)cc1. The van der Waals surface area contributed by atoms with Crippen molar-refractivity contribution < 1.29 is 4.79 Å². The summed E-state index contributed by atoms with van der Waals surface area (Å²) in [7, 11) is 0. The Morgan fingerprint density at radius 2 is 2.05 bits per heavy atom. The van der Waals surface area contributed by atoms with Crippen LogP contribution in [-0.2, 0) is 0 Å². The lowest BCUT2D eigenvalue weighted by Gasteiger charge is -2.04. The maximum Gasteiger partial charge on any atom is 0.256 e. The number of allylic oxidation sites excluding steroid dienone is 1. The lowest BCUT2D eigenvalue weighted by Crippen LogP contribution is -2.12. The van der Waals surface area contributed by atoms with Gasteiger partial charge in [-0.15, -0.1) is 0 Å². The fourth-order valence-electron chi connectivity index (χ4n) is 1.68. The highest BCUT2D eigenvalue weighted by molar-refractivity contribution is 6.03. The topological polar surface area (TPSA) is 54.9 Å². The van der Waals surface area contributed by atoms with Gasteiger partial charge in [0.05, 0.1) is 0 Å². The highest BCUT2D eigenvalue weighted by atomic mass is 16.1. The molecule has 0 fully saturated rings. The van der Waals surface area contributed by atoms with Gasteiger partial charge in [0.25, 0.3) is 5.91 Å². The van der Waals surface area contributed by atoms with Gasteiger partial charge in [0.1, 0.15) is 12.1 Å². The number of unbranched alkanes of at least 4 members (excludes halogenated alkanes) is 1. The standard InChI is InChI=1S/C16H17N3O/c1-2-3-4-5-13-6-8-14(9-7-13)16(20)19-15-10-11-17-12-18-15/h4-12H,2-3H2,1H3,(H,17,18,19,20)/b5-4+. The van der Waals surface area contributed by atoms with Gasteiger partial charge in [0.15, 0.2) is 0 Å². The molecule has 4 nitrogen and oxygen atoms in total. The molecule has 0 spiro atoms. The van der Waals surface area contributed by atoms with E-state index in [1.54, 1.807) is 12.3 Å². The van der Waals surface area contributed by atoms with Gasteiger partial charge in [0.2, 0.25) is 0 Å². The first-order chi connectivity index (χ1) is 9.79. The molecule has 2 aromatic rings. The van der Waals surface area contributed by atoms with Crippen LogP contribution in [0.3, 0.4) is 0 Å². The number of aromatic nitrogens is 2. The molecular weight excluding hydrogens is 250 g/mol. The molecule has 2 rings (SSSR count). The summed E-state index contributed by atoms with van der Waals surface area (Å²) >= 11 is 0. The average molecular weight is 267 g/mol. The lowest BCUT2D eigenvalue weighted by molar-refractivity contribution is 0.102. The average Bonchev–Trinajstić information content (AvgIpc) is 2.49. The Morgan fingerprint density at radius 1 is 1.25 bits per heavy atom. The van der Waals surface area contributed by atoms with E-state index in [0.29, 0.717) is 11.4 Å². The van der Waals surface area contributed by atoms with Crippen molar-refractivity contribution in [2.24, 2.45) is 0 Å². The molecule has 0 bridgehead atoms. The molecule has 4 heteroatoms. The van der Waals surface area contributed by atoms with E-state index in [0.717, 1.165) is 18.4 Å². The highest BCUT2D eigenvalue weighted by Crippen LogP contribution is 2.09. The molecule has 1 amide bonds. The highest BCUT2D eigenvalue weighted by Gasteiger charge is 2.05. The zero-order chi connectivity index (χ0) is 14.2. The molecule has 0 aliphatic heterocycles. The molecule has 0 aliphatic carbocycles. The van der Waals surface area contributed by atoms with Crippen LogP contribution in [0.1, 0.15) is 35.7 Å². The van der Waals surface area contributed by atoms with E-state index in [-0.39, 0.29) is 5.91 Å². The summed E-state index contributed by atoms with van der Waals surface area (Å²) in [6.45, 7) is 2.14. The minimum atomic E-state index is -0.173. The van der Waals surface area contributed by atoms with Crippen LogP contribution in [0.4, 0.5) is 5.82 Å². The minimum absolute atomic E-state index is 0.173. The van der Waals surface area contributed by atoms with Gasteiger partial charge in [-0.2, -0.15) is 0 Å². The Hall–Kier alpha value is -2.49. The first-order valence-electron chi connectivity index (χ1n) is 6.63. The predicted molar refractivity (Wildman–Crippen MR) is 80.4 cm³/mol. The second-order valence-corrected chi connectivity index (χ2v) is 4.36. The van der Waals surface area contributed by atoms with E-state index in [9.17, 15) is 4.79 Å². The third-order valence-electron chi connectivity index (χ3n) is 2.76. The summed E-state index contributed by atoms with van der Waals surface area (Å²) in [6, 6.07) is 9.13. The third kappa shape index (κ3) is 4.02. The molecule has 1 aromatic carbocycles. The zero-order valence-electron chi connectivity index (χ0n) is 11.4. The third-order valence-corrected chi connectivity index (χ3v) is 2.76. The molecule has 0 unspecified atom stereocenters. The minimum Gasteiger partial charge on any atom is -0.306 e. The number of carbonyl (C=O) groups excluding carboxylic acids is 1. The first kappa shape index (κ1) is 13.9. The van der Waals surface area contributed by atoms with Crippen LogP contribution in [-0.4, -0.2) is 15.9 Å². The Bertz CT molecular complexity index is 576. The number of nitrogens with one attached hydrogen (secondary N) is 1. The summed E-state index contributed by atoms with van der Waals surface area (Å²) in [5, 5.41) is 2.72. The van der Waals surface area contributed by atoms with Crippen LogP contribution in [0.25, 0.3) is 6.08 Å². The fourth-order valence-corrected chi connectivity index (χ4v) is 1.68. The van der Waals surface area contributed by atoms with E-state index < -0.39 is 0 Å². The lowest BCUT2D eigenvalue weighted by atomic mass is 10.1. The van der Waals surface area contributed by atoms with Gasteiger partial charge >= 0.3 is 0 Å². The molecule has 0 aliphatic rings. The Balaban J connectivity index is 2.00. The summed E-state index contributed by atoms with van der Waals surface area (Å²) in [6.07, 6.45) is 9.39. The molecule has 0 radical (unpaired) electrons. The first-order valence-corrected chi connectivity index (χ1v) is 6.63. The van der Waals surface area contributed by atoms with Crippen LogP contribution in [0, 0.1) is 0 Å². The smallest absolute Gasteiger partial charge is 0.256 e. The van der Waals surface area contributed by atoms with E-state index in [1.807, 2.05) is 24.3 Å². The Morgan fingerprint density at radius 3 is 2.70 bits per heavy atom. The van der Waals surface area contributed by atoms with Gasteiger partial charge in [-0.1, -0.05) is 37.6 Å². The van der Waals surface area contributed by atoms with Gasteiger partial charge in [-0.05, 0) is 30.2 Å². The van der Waals surface area contributed by atoms with Crippen LogP contribution in [0.2, 0.25) is 0 Å². The quantitative estimate of drug-likeness (QED) is 0.901. The van der Waals surface area contributed by atoms with Crippen molar-refractivity contribution in [2.45, 2.75) is 19.8 Å². The van der Waals surface area contributed by atoms with Crippen LogP contribution >= 0.6 is 0 Å². The van der Waals surface area contributed by atoms with Crippen molar-refractivity contribution in [3.05, 3.63) is 60.1 Å². The number of benzene rings is 1. The summed E-state index contributed by atoms with van der Waals surface area (Å²) in [5.41, 5.74) is 1.70.